The van der Waals surface area contributed by atoms with Crippen LogP contribution in [-0.4, -0.2) is 25.1 Å². The minimum Gasteiger partial charge on any atom is -0.492 e. The summed E-state index contributed by atoms with van der Waals surface area (Å²) < 4.78 is 11.0. The molecule has 0 atom stereocenters. The monoisotopic (exact) mass is 359 g/mol. The van der Waals surface area contributed by atoms with E-state index in [1.807, 2.05) is 37.3 Å². The summed E-state index contributed by atoms with van der Waals surface area (Å²) >= 11 is 0. The third-order valence-electron chi connectivity index (χ3n) is 3.96. The van der Waals surface area contributed by atoms with Gasteiger partial charge in [0.2, 0.25) is 0 Å². The first-order valence-electron chi connectivity index (χ1n) is 8.01. The normalized spacial score (nSPS) is 10.7. The van der Waals surface area contributed by atoms with Crippen molar-refractivity contribution in [1.82, 2.24) is 4.90 Å². The summed E-state index contributed by atoms with van der Waals surface area (Å²) in [6, 6.07) is 17.5. The lowest BCUT2D eigenvalue weighted by molar-refractivity contribution is 0.233. The molecule has 0 N–H and O–H groups in total. The highest BCUT2D eigenvalue weighted by Crippen LogP contribution is 2.22. The maximum atomic E-state index is 11.5. The van der Waals surface area contributed by atoms with Gasteiger partial charge >= 0.3 is 5.63 Å². The molecule has 0 radical (unpaired) electrons. The number of nitrogens with zero attached hydrogens (tertiary/aromatic N) is 1. The van der Waals surface area contributed by atoms with Crippen LogP contribution in [0.2, 0.25) is 0 Å². The van der Waals surface area contributed by atoms with Crippen molar-refractivity contribution in [2.75, 3.05) is 20.2 Å². The van der Waals surface area contributed by atoms with Crippen molar-refractivity contribution in [3.63, 3.8) is 0 Å². The van der Waals surface area contributed by atoms with Gasteiger partial charge in [-0.25, -0.2) is 4.79 Å². The number of fused-ring (bicyclic) bond motifs is 1. The van der Waals surface area contributed by atoms with Gasteiger partial charge in [0.15, 0.2) is 0 Å². The van der Waals surface area contributed by atoms with Gasteiger partial charge in [-0.2, -0.15) is 0 Å². The topological polar surface area (TPSA) is 42.7 Å². The van der Waals surface area contributed by atoms with E-state index in [4.69, 9.17) is 9.15 Å². The summed E-state index contributed by atoms with van der Waals surface area (Å²) in [6.45, 7) is 4.17. The summed E-state index contributed by atoms with van der Waals surface area (Å²) in [5.41, 5.74) is 2.42. The second-order valence-corrected chi connectivity index (χ2v) is 5.98. The van der Waals surface area contributed by atoms with E-state index < -0.39 is 0 Å². The molecule has 1 aromatic heterocycles. The second-order valence-electron chi connectivity index (χ2n) is 5.98. The van der Waals surface area contributed by atoms with Gasteiger partial charge in [-0.1, -0.05) is 30.3 Å². The van der Waals surface area contributed by atoms with Crippen molar-refractivity contribution < 1.29 is 9.15 Å². The molecular weight excluding hydrogens is 338 g/mol. The molecule has 0 aliphatic rings. The predicted molar refractivity (Wildman–Crippen MR) is 103 cm³/mol. The molecule has 0 saturated heterocycles. The predicted octanol–water partition coefficient (Wildman–Crippen LogP) is 4.03. The van der Waals surface area contributed by atoms with Gasteiger partial charge in [0, 0.05) is 30.6 Å². The molecule has 0 spiro atoms. The fraction of sp³-hybridized carbons (Fsp3) is 0.250. The zero-order valence-corrected chi connectivity index (χ0v) is 15.2. The average Bonchev–Trinajstić information content (AvgIpc) is 2.55. The Hall–Kier alpha value is -2.30. The first-order chi connectivity index (χ1) is 11.6. The van der Waals surface area contributed by atoms with Crippen LogP contribution in [0.5, 0.6) is 5.75 Å². The van der Waals surface area contributed by atoms with Gasteiger partial charge in [0.25, 0.3) is 0 Å². The minimum absolute atomic E-state index is 0. The Morgan fingerprint density at radius 2 is 1.84 bits per heavy atom. The Kier molecular flexibility index (Phi) is 6.62. The zero-order valence-electron chi connectivity index (χ0n) is 14.4. The molecule has 3 aromatic rings. The lowest BCUT2D eigenvalue weighted by atomic mass is 10.1. The zero-order chi connectivity index (χ0) is 16.9. The van der Waals surface area contributed by atoms with Crippen molar-refractivity contribution in [1.29, 1.82) is 0 Å². The van der Waals surface area contributed by atoms with Gasteiger partial charge in [0.1, 0.15) is 17.9 Å². The molecule has 0 unspecified atom stereocenters. The summed E-state index contributed by atoms with van der Waals surface area (Å²) in [5, 5.41) is 0.933. The smallest absolute Gasteiger partial charge is 0.336 e. The molecule has 2 aromatic carbocycles. The number of ether oxygens (including phenoxy) is 1. The maximum absolute atomic E-state index is 11.5. The SMILES string of the molecule is Cc1cc(=O)oc2cc(OCCN(C)Cc3ccccc3)ccc12.Cl. The molecule has 0 fully saturated rings. The quantitative estimate of drug-likeness (QED) is 0.623. The first-order valence-corrected chi connectivity index (χ1v) is 8.01. The Balaban J connectivity index is 0.00000225. The molecule has 4 nitrogen and oxygen atoms in total. The molecule has 1 heterocycles. The van der Waals surface area contributed by atoms with E-state index in [9.17, 15) is 4.79 Å². The minimum atomic E-state index is -0.334. The van der Waals surface area contributed by atoms with Crippen LogP contribution in [-0.2, 0) is 6.54 Å². The summed E-state index contributed by atoms with van der Waals surface area (Å²) in [6.07, 6.45) is 0. The molecule has 3 rings (SSSR count). The molecule has 0 bridgehead atoms. The van der Waals surface area contributed by atoms with Gasteiger partial charge in [-0.3, -0.25) is 4.90 Å². The van der Waals surface area contributed by atoms with Crippen LogP contribution < -0.4 is 10.4 Å². The van der Waals surface area contributed by atoms with Gasteiger partial charge < -0.3 is 9.15 Å². The fourth-order valence-corrected chi connectivity index (χ4v) is 2.69. The number of hydrogen-bond acceptors (Lipinski definition) is 4. The van der Waals surface area contributed by atoms with Crippen molar-refractivity contribution >= 4 is 23.4 Å². The Morgan fingerprint density at radius 3 is 2.60 bits per heavy atom. The largest absolute Gasteiger partial charge is 0.492 e. The summed E-state index contributed by atoms with van der Waals surface area (Å²) in [7, 11) is 2.07. The summed E-state index contributed by atoms with van der Waals surface area (Å²) in [5.74, 6) is 0.712. The average molecular weight is 360 g/mol. The highest BCUT2D eigenvalue weighted by Gasteiger charge is 2.05. The van der Waals surface area contributed by atoms with Gasteiger partial charge in [-0.15, -0.1) is 12.4 Å². The van der Waals surface area contributed by atoms with Crippen LogP contribution in [0, 0.1) is 6.92 Å². The highest BCUT2D eigenvalue weighted by molar-refractivity contribution is 5.85. The third-order valence-corrected chi connectivity index (χ3v) is 3.96. The van der Waals surface area contributed by atoms with Crippen LogP contribution >= 0.6 is 12.4 Å². The second kappa shape index (κ2) is 8.70. The first kappa shape index (κ1) is 19.0. The lowest BCUT2D eigenvalue weighted by Crippen LogP contribution is -2.23. The van der Waals surface area contributed by atoms with E-state index in [1.54, 1.807) is 6.07 Å². The van der Waals surface area contributed by atoms with Crippen LogP contribution in [0.1, 0.15) is 11.1 Å². The van der Waals surface area contributed by atoms with Crippen molar-refractivity contribution in [3.05, 3.63) is 76.1 Å². The molecule has 0 aliphatic carbocycles. The van der Waals surface area contributed by atoms with Crippen molar-refractivity contribution in [2.24, 2.45) is 0 Å². The summed E-state index contributed by atoms with van der Waals surface area (Å²) in [4.78, 5) is 13.7. The molecule has 0 aliphatic heterocycles. The number of likely N-dealkylation sites (N-methyl/N-ethyl adjacent to an activating group) is 1. The lowest BCUT2D eigenvalue weighted by Gasteiger charge is -2.17. The molecule has 0 saturated carbocycles. The van der Waals surface area contributed by atoms with E-state index in [-0.39, 0.29) is 18.0 Å². The van der Waals surface area contributed by atoms with E-state index in [2.05, 4.69) is 24.1 Å². The van der Waals surface area contributed by atoms with E-state index >= 15 is 0 Å². The molecule has 132 valence electrons. The van der Waals surface area contributed by atoms with Gasteiger partial charge in [0.05, 0.1) is 0 Å². The molecular formula is C20H22ClNO3. The maximum Gasteiger partial charge on any atom is 0.336 e. The highest BCUT2D eigenvalue weighted by atomic mass is 35.5. The fourth-order valence-electron chi connectivity index (χ4n) is 2.69. The Bertz CT molecular complexity index is 877. The van der Waals surface area contributed by atoms with Gasteiger partial charge in [-0.05, 0) is 37.2 Å². The van der Waals surface area contributed by atoms with Crippen LogP contribution in [0.4, 0.5) is 0 Å². The van der Waals surface area contributed by atoms with E-state index in [0.29, 0.717) is 17.9 Å². The van der Waals surface area contributed by atoms with E-state index in [0.717, 1.165) is 24.0 Å². The number of aryl methyl sites for hydroxylation is 1. The number of halogens is 1. The van der Waals surface area contributed by atoms with E-state index in [1.165, 1.54) is 11.6 Å². The molecule has 0 amide bonds. The standard InChI is InChI=1S/C20H21NO3.ClH/c1-15-12-20(22)24-19-13-17(8-9-18(15)19)23-11-10-21(2)14-16-6-4-3-5-7-16;/h3-9,12-13H,10-11,14H2,1-2H3;1H. The van der Waals surface area contributed by atoms with Crippen molar-refractivity contribution in [3.8, 4) is 5.75 Å². The Morgan fingerprint density at radius 1 is 1.08 bits per heavy atom. The van der Waals surface area contributed by atoms with Crippen LogP contribution in [0.3, 0.4) is 0 Å². The van der Waals surface area contributed by atoms with Crippen LogP contribution in [0.15, 0.2) is 63.8 Å². The van der Waals surface area contributed by atoms with Crippen molar-refractivity contribution in [2.45, 2.75) is 13.5 Å². The number of benzene rings is 2. The molecule has 5 heteroatoms. The number of hydrogen-bond donors (Lipinski definition) is 0. The number of rotatable bonds is 6. The Labute approximate surface area is 153 Å². The van der Waals surface area contributed by atoms with Crippen LogP contribution in [0.25, 0.3) is 11.0 Å². The molecule has 25 heavy (non-hydrogen) atoms. The third kappa shape index (κ3) is 5.08.